The summed E-state index contributed by atoms with van der Waals surface area (Å²) in [6.45, 7) is 4.21. The second-order valence-electron chi connectivity index (χ2n) is 10.0. The van der Waals surface area contributed by atoms with Crippen LogP contribution in [0.4, 0.5) is 4.79 Å². The van der Waals surface area contributed by atoms with Crippen molar-refractivity contribution >= 4 is 35.7 Å². The third-order valence-corrected chi connectivity index (χ3v) is 8.07. The summed E-state index contributed by atoms with van der Waals surface area (Å²) in [5.41, 5.74) is 1.94. The lowest BCUT2D eigenvalue weighted by atomic mass is 10.1. The van der Waals surface area contributed by atoms with Crippen molar-refractivity contribution in [1.82, 2.24) is 15.5 Å². The van der Waals surface area contributed by atoms with E-state index in [0.29, 0.717) is 37.3 Å². The molecule has 1 aliphatic rings. The molecule has 1 fully saturated rings. The number of esters is 2. The highest BCUT2D eigenvalue weighted by Crippen LogP contribution is 2.20. The van der Waals surface area contributed by atoms with Gasteiger partial charge in [0.25, 0.3) is 0 Å². The number of nitrogens with zero attached hydrogens (tertiary/aromatic N) is 1. The molecule has 1 heterocycles. The van der Waals surface area contributed by atoms with Crippen molar-refractivity contribution in [2.24, 2.45) is 0 Å². The largest absolute Gasteiger partial charge is 0.467 e. The molecule has 10 nitrogen and oxygen atoms in total. The van der Waals surface area contributed by atoms with Gasteiger partial charge in [-0.25, -0.2) is 9.59 Å². The average Bonchev–Trinajstić information content (AvgIpc) is 3.50. The summed E-state index contributed by atoms with van der Waals surface area (Å²) in [6, 6.07) is 16.9. The number of hydrogen-bond donors (Lipinski definition) is 2. The first-order chi connectivity index (χ1) is 20.3. The molecule has 4 atom stereocenters. The van der Waals surface area contributed by atoms with Crippen LogP contribution in [0, 0.1) is 0 Å². The minimum atomic E-state index is -0.768. The molecule has 0 aliphatic carbocycles. The van der Waals surface area contributed by atoms with Crippen LogP contribution in [0.5, 0.6) is 0 Å². The predicted molar refractivity (Wildman–Crippen MR) is 161 cm³/mol. The highest BCUT2D eigenvalue weighted by atomic mass is 32.2. The van der Waals surface area contributed by atoms with Gasteiger partial charge in [0.2, 0.25) is 5.91 Å². The second-order valence-corrected chi connectivity index (χ2v) is 11.1. The van der Waals surface area contributed by atoms with E-state index in [1.165, 1.54) is 23.8 Å². The minimum absolute atomic E-state index is 0.159. The van der Waals surface area contributed by atoms with E-state index in [1.807, 2.05) is 60.7 Å². The Morgan fingerprint density at radius 3 is 2.29 bits per heavy atom. The fourth-order valence-corrected chi connectivity index (χ4v) is 5.86. The first-order valence-electron chi connectivity index (χ1n) is 14.2. The number of carbonyl (C=O) groups excluding carboxylic acids is 4. The molecule has 1 unspecified atom stereocenters. The Labute approximate surface area is 251 Å². The van der Waals surface area contributed by atoms with Crippen LogP contribution in [0.15, 0.2) is 60.7 Å². The van der Waals surface area contributed by atoms with Crippen LogP contribution < -0.4 is 10.6 Å². The third kappa shape index (κ3) is 10.4. The van der Waals surface area contributed by atoms with E-state index in [-0.39, 0.29) is 25.2 Å². The molecule has 0 spiro atoms. The molecule has 0 bridgehead atoms. The quantitative estimate of drug-likeness (QED) is 0.234. The number of carbonyl (C=O) groups is 4. The van der Waals surface area contributed by atoms with Crippen LogP contribution >= 0.6 is 11.8 Å². The fraction of sp³-hybridized carbons (Fsp3) is 0.484. The molecule has 0 radical (unpaired) electrons. The van der Waals surface area contributed by atoms with Crippen molar-refractivity contribution in [3.05, 3.63) is 71.8 Å². The Kier molecular flexibility index (Phi) is 13.6. The van der Waals surface area contributed by atoms with Crippen molar-refractivity contribution in [3.63, 3.8) is 0 Å². The van der Waals surface area contributed by atoms with E-state index < -0.39 is 36.2 Å². The maximum Gasteiger partial charge on any atom is 0.407 e. The molecule has 1 saturated heterocycles. The number of hydrogen-bond acceptors (Lipinski definition) is 9. The maximum absolute atomic E-state index is 13.2. The summed E-state index contributed by atoms with van der Waals surface area (Å²) in [5.74, 6) is -0.378. The summed E-state index contributed by atoms with van der Waals surface area (Å²) < 4.78 is 15.6. The van der Waals surface area contributed by atoms with Gasteiger partial charge in [-0.3, -0.25) is 14.9 Å². The van der Waals surface area contributed by atoms with Crippen molar-refractivity contribution in [1.29, 1.82) is 0 Å². The summed E-state index contributed by atoms with van der Waals surface area (Å²) in [6.07, 6.45) is 1.31. The number of likely N-dealkylation sites (tertiary alicyclic amines) is 1. The van der Waals surface area contributed by atoms with E-state index in [1.54, 1.807) is 13.8 Å². The van der Waals surface area contributed by atoms with Crippen molar-refractivity contribution in [2.45, 2.75) is 63.9 Å². The molecule has 1 aliphatic heterocycles. The van der Waals surface area contributed by atoms with Gasteiger partial charge in [0.05, 0.1) is 19.8 Å². The van der Waals surface area contributed by atoms with Crippen LogP contribution in [0.2, 0.25) is 0 Å². The molecule has 2 aromatic carbocycles. The zero-order chi connectivity index (χ0) is 30.3. The maximum atomic E-state index is 13.2. The predicted octanol–water partition coefficient (Wildman–Crippen LogP) is 3.33. The Balaban J connectivity index is 1.60. The van der Waals surface area contributed by atoms with Gasteiger partial charge in [0, 0.05) is 24.1 Å². The normalized spacial score (nSPS) is 16.6. The molecular weight excluding hydrogens is 558 g/mol. The summed E-state index contributed by atoms with van der Waals surface area (Å²) in [7, 11) is 1.31. The lowest BCUT2D eigenvalue weighted by Crippen LogP contribution is -2.54. The summed E-state index contributed by atoms with van der Waals surface area (Å²) in [4.78, 5) is 52.3. The second kappa shape index (κ2) is 17.4. The van der Waals surface area contributed by atoms with Crippen molar-refractivity contribution in [2.75, 3.05) is 31.8 Å². The number of alkyl carbamates (subject to hydrolysis) is 1. The first-order valence-corrected chi connectivity index (χ1v) is 15.4. The Morgan fingerprint density at radius 1 is 0.976 bits per heavy atom. The van der Waals surface area contributed by atoms with Gasteiger partial charge in [-0.05, 0) is 44.2 Å². The molecule has 228 valence electrons. The molecule has 2 amide bonds. The van der Waals surface area contributed by atoms with Crippen LogP contribution in [0.25, 0.3) is 0 Å². The van der Waals surface area contributed by atoms with Gasteiger partial charge in [-0.1, -0.05) is 60.7 Å². The number of amides is 2. The van der Waals surface area contributed by atoms with E-state index in [4.69, 9.17) is 14.2 Å². The van der Waals surface area contributed by atoms with E-state index in [0.717, 1.165) is 11.1 Å². The van der Waals surface area contributed by atoms with Crippen molar-refractivity contribution in [3.8, 4) is 0 Å². The fourth-order valence-electron chi connectivity index (χ4n) is 4.77. The van der Waals surface area contributed by atoms with Gasteiger partial charge < -0.3 is 24.4 Å². The molecular formula is C31H41N3O7S. The number of nitrogens with one attached hydrogen (secondary N) is 2. The smallest absolute Gasteiger partial charge is 0.407 e. The lowest BCUT2D eigenvalue weighted by molar-refractivity contribution is -0.152. The molecule has 2 aromatic rings. The summed E-state index contributed by atoms with van der Waals surface area (Å²) in [5, 5.41) is 6.07. The van der Waals surface area contributed by atoms with Gasteiger partial charge in [0.15, 0.2) is 0 Å². The SMILES string of the molecule is CCOC(=O)[C@H](CSC[C@H](Cc1ccccc1)NC(=O)OCc1ccccc1)NC(C)C(=O)N1CCC[C@H]1C(=O)OC. The monoisotopic (exact) mass is 599 g/mol. The molecule has 0 aromatic heterocycles. The van der Waals surface area contributed by atoms with Crippen LogP contribution in [0.1, 0.15) is 37.8 Å². The van der Waals surface area contributed by atoms with Gasteiger partial charge in [0.1, 0.15) is 18.7 Å². The van der Waals surface area contributed by atoms with E-state index in [2.05, 4.69) is 10.6 Å². The van der Waals surface area contributed by atoms with E-state index >= 15 is 0 Å². The number of methoxy groups -OCH3 is 1. The number of thioether (sulfide) groups is 1. The van der Waals surface area contributed by atoms with Crippen molar-refractivity contribution < 1.29 is 33.4 Å². The van der Waals surface area contributed by atoms with Gasteiger partial charge >= 0.3 is 18.0 Å². The van der Waals surface area contributed by atoms with Gasteiger partial charge in [-0.15, -0.1) is 0 Å². The summed E-state index contributed by atoms with van der Waals surface area (Å²) >= 11 is 1.46. The topological polar surface area (TPSA) is 123 Å². The zero-order valence-electron chi connectivity index (χ0n) is 24.5. The highest BCUT2D eigenvalue weighted by Gasteiger charge is 2.37. The molecule has 11 heteroatoms. The Morgan fingerprint density at radius 2 is 1.64 bits per heavy atom. The molecule has 3 rings (SSSR count). The van der Waals surface area contributed by atoms with Crippen LogP contribution in [0.3, 0.4) is 0 Å². The minimum Gasteiger partial charge on any atom is -0.467 e. The number of ether oxygens (including phenoxy) is 3. The zero-order valence-corrected chi connectivity index (χ0v) is 25.3. The average molecular weight is 600 g/mol. The highest BCUT2D eigenvalue weighted by molar-refractivity contribution is 7.99. The number of rotatable bonds is 15. The van der Waals surface area contributed by atoms with Gasteiger partial charge in [-0.2, -0.15) is 11.8 Å². The Hall–Kier alpha value is -3.57. The third-order valence-electron chi connectivity index (χ3n) is 6.87. The number of benzene rings is 2. The Bertz CT molecular complexity index is 1150. The molecule has 42 heavy (non-hydrogen) atoms. The van der Waals surface area contributed by atoms with Crippen LogP contribution in [-0.4, -0.2) is 84.8 Å². The first kappa shape index (κ1) is 32.9. The van der Waals surface area contributed by atoms with Crippen LogP contribution in [-0.2, 0) is 41.6 Å². The lowest BCUT2D eigenvalue weighted by Gasteiger charge is -2.28. The van der Waals surface area contributed by atoms with E-state index in [9.17, 15) is 19.2 Å². The molecule has 0 saturated carbocycles. The standard InChI is InChI=1S/C31H41N3O7S/c1-4-40-29(36)26(32-22(2)28(35)34-17-11-16-27(34)30(37)39-3)21-42-20-25(18-23-12-7-5-8-13-23)33-31(38)41-19-24-14-9-6-10-15-24/h5-10,12-15,22,25-27,32H,4,11,16-21H2,1-3H3,(H,33,38)/t22?,25-,26-,27-/m0/s1. The molecule has 2 N–H and O–H groups in total.